The minimum Gasteiger partial charge on any atom is -0.491 e. The molecule has 0 aliphatic heterocycles. The van der Waals surface area contributed by atoms with E-state index in [9.17, 15) is 14.4 Å². The predicted molar refractivity (Wildman–Crippen MR) is 117 cm³/mol. The van der Waals surface area contributed by atoms with Gasteiger partial charge in [-0.15, -0.1) is 0 Å². The fraction of sp³-hybridized carbons (Fsp3) is 0.522. The van der Waals surface area contributed by atoms with Crippen molar-refractivity contribution in [1.29, 1.82) is 0 Å². The normalized spacial score (nSPS) is 11.6. The second-order valence-electron chi connectivity index (χ2n) is 8.18. The zero-order valence-corrected chi connectivity index (χ0v) is 18.6. The van der Waals surface area contributed by atoms with Gasteiger partial charge in [-0.2, -0.15) is 0 Å². The van der Waals surface area contributed by atoms with Crippen LogP contribution in [-0.4, -0.2) is 41.3 Å². The first kappa shape index (κ1) is 25.8. The van der Waals surface area contributed by atoms with Crippen molar-refractivity contribution in [2.24, 2.45) is 5.73 Å². The Morgan fingerprint density at radius 1 is 1.23 bits per heavy atom. The van der Waals surface area contributed by atoms with Gasteiger partial charge in [0, 0.05) is 24.8 Å². The average molecular weight is 433 g/mol. The molecule has 170 valence electrons. The lowest BCUT2D eigenvalue weighted by molar-refractivity contribution is -0.137. The van der Waals surface area contributed by atoms with Crippen molar-refractivity contribution >= 4 is 18.0 Å². The van der Waals surface area contributed by atoms with E-state index in [1.54, 1.807) is 32.9 Å². The van der Waals surface area contributed by atoms with Gasteiger partial charge in [-0.1, -0.05) is 17.9 Å². The van der Waals surface area contributed by atoms with Crippen molar-refractivity contribution in [3.63, 3.8) is 0 Å². The van der Waals surface area contributed by atoms with E-state index >= 15 is 0 Å². The number of nitrogens with two attached hydrogens (primary N) is 1. The summed E-state index contributed by atoms with van der Waals surface area (Å²) in [6.45, 7) is 7.33. The third-order valence-electron chi connectivity index (χ3n) is 4.04. The van der Waals surface area contributed by atoms with Crippen LogP contribution in [0, 0.1) is 18.8 Å². The summed E-state index contributed by atoms with van der Waals surface area (Å²) in [5, 5.41) is 11.4. The quantitative estimate of drug-likeness (QED) is 0.385. The summed E-state index contributed by atoms with van der Waals surface area (Å²) >= 11 is 0. The Bertz CT molecular complexity index is 833. The van der Waals surface area contributed by atoms with E-state index in [1.165, 1.54) is 0 Å². The molecule has 0 fully saturated rings. The summed E-state index contributed by atoms with van der Waals surface area (Å²) in [4.78, 5) is 33.8. The minimum absolute atomic E-state index is 0.0914. The van der Waals surface area contributed by atoms with Crippen molar-refractivity contribution in [3.8, 4) is 17.6 Å². The number of nitrogens with one attached hydrogen (secondary N) is 1. The topological polar surface area (TPSA) is 128 Å². The number of carbonyl (C=O) groups is 3. The van der Waals surface area contributed by atoms with E-state index in [0.717, 1.165) is 11.1 Å². The maximum atomic E-state index is 12.1. The predicted octanol–water partition coefficient (Wildman–Crippen LogP) is 3.14. The zero-order valence-electron chi connectivity index (χ0n) is 18.6. The summed E-state index contributed by atoms with van der Waals surface area (Å²) in [5.74, 6) is 5.28. The first-order chi connectivity index (χ1) is 14.5. The molecule has 8 heteroatoms. The number of carboxylic acid groups (broad SMARTS) is 1. The van der Waals surface area contributed by atoms with Crippen LogP contribution in [0.4, 0.5) is 4.79 Å². The van der Waals surface area contributed by atoms with Crippen LogP contribution in [0.1, 0.15) is 64.0 Å². The fourth-order valence-corrected chi connectivity index (χ4v) is 2.50. The van der Waals surface area contributed by atoms with Crippen molar-refractivity contribution < 1.29 is 29.0 Å². The summed E-state index contributed by atoms with van der Waals surface area (Å²) in [6.07, 6.45) is 0.902. The van der Waals surface area contributed by atoms with Gasteiger partial charge in [0.05, 0.1) is 6.04 Å². The molecule has 0 heterocycles. The molecule has 4 N–H and O–H groups in total. The Labute approximate surface area is 183 Å². The van der Waals surface area contributed by atoms with Gasteiger partial charge in [0.15, 0.2) is 0 Å². The van der Waals surface area contributed by atoms with Gasteiger partial charge >= 0.3 is 12.1 Å². The highest BCUT2D eigenvalue weighted by Crippen LogP contribution is 2.18. The van der Waals surface area contributed by atoms with E-state index in [4.69, 9.17) is 20.3 Å². The number of aryl methyl sites for hydroxylation is 1. The molecule has 0 spiro atoms. The molecule has 0 saturated carbocycles. The zero-order chi connectivity index (χ0) is 23.4. The van der Waals surface area contributed by atoms with Crippen LogP contribution in [0.15, 0.2) is 18.2 Å². The SMILES string of the molecule is Cc1ccc(OCC(CCC(N)=O)NC(=O)OC(C)(C)C)cc1C#CCCCC(=O)O. The second-order valence-corrected chi connectivity index (χ2v) is 8.18. The lowest BCUT2D eigenvalue weighted by Gasteiger charge is -2.23. The molecule has 1 atom stereocenters. The smallest absolute Gasteiger partial charge is 0.407 e. The van der Waals surface area contributed by atoms with Gasteiger partial charge in [0.1, 0.15) is 18.0 Å². The number of benzene rings is 1. The molecule has 2 amide bonds. The number of ether oxygens (including phenoxy) is 2. The van der Waals surface area contributed by atoms with Crippen LogP contribution in [-0.2, 0) is 14.3 Å². The minimum atomic E-state index is -0.834. The molecule has 1 rings (SSSR count). The summed E-state index contributed by atoms with van der Waals surface area (Å²) in [6, 6.07) is 4.99. The number of carboxylic acids is 1. The van der Waals surface area contributed by atoms with Crippen LogP contribution in [0.5, 0.6) is 5.75 Å². The Hall–Kier alpha value is -3.21. The third-order valence-corrected chi connectivity index (χ3v) is 4.04. The number of rotatable bonds is 10. The van der Waals surface area contributed by atoms with Gasteiger partial charge < -0.3 is 25.6 Å². The lowest BCUT2D eigenvalue weighted by Crippen LogP contribution is -2.42. The summed E-state index contributed by atoms with van der Waals surface area (Å²) in [5.41, 5.74) is 6.33. The number of primary amides is 1. The van der Waals surface area contributed by atoms with Crippen molar-refractivity contribution in [3.05, 3.63) is 29.3 Å². The van der Waals surface area contributed by atoms with E-state index in [-0.39, 0.29) is 19.4 Å². The lowest BCUT2D eigenvalue weighted by atomic mass is 10.1. The Kier molecular flexibility index (Phi) is 10.4. The first-order valence-corrected chi connectivity index (χ1v) is 10.2. The summed E-state index contributed by atoms with van der Waals surface area (Å²) < 4.78 is 11.1. The maximum Gasteiger partial charge on any atom is 0.407 e. The van der Waals surface area contributed by atoms with Gasteiger partial charge in [0.2, 0.25) is 5.91 Å². The summed E-state index contributed by atoms with van der Waals surface area (Å²) in [7, 11) is 0. The molecule has 1 aromatic rings. The third kappa shape index (κ3) is 12.2. The number of aliphatic carboxylic acids is 1. The molecule has 0 radical (unpaired) electrons. The molecule has 0 saturated heterocycles. The van der Waals surface area contributed by atoms with Crippen LogP contribution < -0.4 is 15.8 Å². The number of unbranched alkanes of at least 4 members (excludes halogenated alkanes) is 1. The Balaban J connectivity index is 2.75. The van der Waals surface area contributed by atoms with Crippen LogP contribution in [0.25, 0.3) is 0 Å². The number of amides is 2. The van der Waals surface area contributed by atoms with Gasteiger partial charge in [-0.05, 0) is 58.2 Å². The molecular weight excluding hydrogens is 400 g/mol. The van der Waals surface area contributed by atoms with E-state index in [1.807, 2.05) is 13.0 Å². The van der Waals surface area contributed by atoms with Gasteiger partial charge in [0.25, 0.3) is 0 Å². The first-order valence-electron chi connectivity index (χ1n) is 10.2. The molecule has 1 aromatic carbocycles. The van der Waals surface area contributed by atoms with Crippen molar-refractivity contribution in [2.75, 3.05) is 6.61 Å². The van der Waals surface area contributed by atoms with Crippen LogP contribution >= 0.6 is 0 Å². The maximum absolute atomic E-state index is 12.1. The number of hydrogen-bond acceptors (Lipinski definition) is 5. The van der Waals surface area contributed by atoms with Crippen LogP contribution in [0.3, 0.4) is 0 Å². The highest BCUT2D eigenvalue weighted by molar-refractivity contribution is 5.74. The average Bonchev–Trinajstić information content (AvgIpc) is 2.63. The highest BCUT2D eigenvalue weighted by atomic mass is 16.6. The molecule has 0 aromatic heterocycles. The Morgan fingerprint density at radius 2 is 1.94 bits per heavy atom. The van der Waals surface area contributed by atoms with Gasteiger partial charge in [-0.25, -0.2) is 4.79 Å². The van der Waals surface area contributed by atoms with Crippen molar-refractivity contribution in [1.82, 2.24) is 5.32 Å². The molecule has 8 nitrogen and oxygen atoms in total. The molecule has 1 unspecified atom stereocenters. The standard InChI is InChI=1S/C23H32N2O6/c1-16-10-12-19(14-17(16)8-6-5-7-9-21(27)28)30-15-18(11-13-20(24)26)25-22(29)31-23(2,3)4/h10,12,14,18H,5,7,9,11,13,15H2,1-4H3,(H2,24,26)(H,25,29)(H,27,28). The largest absolute Gasteiger partial charge is 0.491 e. The fourth-order valence-electron chi connectivity index (χ4n) is 2.50. The van der Waals surface area contributed by atoms with Crippen LogP contribution in [0.2, 0.25) is 0 Å². The van der Waals surface area contributed by atoms with E-state index < -0.39 is 29.6 Å². The number of alkyl carbamates (subject to hydrolysis) is 1. The van der Waals surface area contributed by atoms with Gasteiger partial charge in [-0.3, -0.25) is 9.59 Å². The van der Waals surface area contributed by atoms with E-state index in [2.05, 4.69) is 17.2 Å². The number of hydrogen-bond donors (Lipinski definition) is 3. The molecule has 0 bridgehead atoms. The molecule has 31 heavy (non-hydrogen) atoms. The van der Waals surface area contributed by atoms with Crippen molar-refractivity contribution in [2.45, 2.75) is 71.4 Å². The highest BCUT2D eigenvalue weighted by Gasteiger charge is 2.20. The monoisotopic (exact) mass is 432 g/mol. The van der Waals surface area contributed by atoms with E-state index in [0.29, 0.717) is 25.0 Å². The molecule has 0 aliphatic carbocycles. The number of carbonyl (C=O) groups excluding carboxylic acids is 2. The second kappa shape index (κ2) is 12.5. The Morgan fingerprint density at radius 3 is 2.55 bits per heavy atom. The molecular formula is C23H32N2O6. The molecule has 0 aliphatic rings.